The number of aliphatic carboxylic acids is 1. The van der Waals surface area contributed by atoms with Gasteiger partial charge in [-0.1, -0.05) is 0 Å². The van der Waals surface area contributed by atoms with E-state index >= 15 is 0 Å². The summed E-state index contributed by atoms with van der Waals surface area (Å²) < 4.78 is 43.9. The zero-order chi connectivity index (χ0) is 17.9. The molecule has 0 aliphatic heterocycles. The van der Waals surface area contributed by atoms with Crippen LogP contribution in [0.1, 0.15) is 28.0 Å². The normalized spacial score (nSPS) is 12.0. The van der Waals surface area contributed by atoms with Crippen molar-refractivity contribution in [3.05, 3.63) is 51.8 Å². The zero-order valence-corrected chi connectivity index (χ0v) is 13.3. The van der Waals surface area contributed by atoms with Gasteiger partial charge in [0, 0.05) is 17.5 Å². The van der Waals surface area contributed by atoms with Gasteiger partial charge < -0.3 is 10.4 Å². The first-order valence-corrected chi connectivity index (χ1v) is 7.68. The van der Waals surface area contributed by atoms with Gasteiger partial charge in [-0.15, -0.1) is 0 Å². The van der Waals surface area contributed by atoms with Crippen LogP contribution in [0, 0.1) is 24.4 Å². The molecule has 24 heavy (non-hydrogen) atoms. The predicted octanol–water partition coefficient (Wildman–Crippen LogP) is 2.68. The highest BCUT2D eigenvalue weighted by atomic mass is 32.1. The van der Waals surface area contributed by atoms with E-state index in [1.165, 1.54) is 5.38 Å². The Morgan fingerprint density at radius 3 is 2.50 bits per heavy atom. The summed E-state index contributed by atoms with van der Waals surface area (Å²) in [6, 6.07) is 0.0500. The second kappa shape index (κ2) is 7.43. The summed E-state index contributed by atoms with van der Waals surface area (Å²) in [5, 5.41) is 12.9. The maximum Gasteiger partial charge on any atom is 0.305 e. The number of nitrogens with zero attached hydrogens (tertiary/aromatic N) is 1. The van der Waals surface area contributed by atoms with E-state index in [2.05, 4.69) is 9.69 Å². The quantitative estimate of drug-likeness (QED) is 0.778. The first kappa shape index (κ1) is 17.9. The first-order chi connectivity index (χ1) is 11.3. The molecule has 128 valence electrons. The lowest BCUT2D eigenvalue weighted by molar-refractivity contribution is -0.137. The molecule has 0 saturated heterocycles. The summed E-state index contributed by atoms with van der Waals surface area (Å²) in [6.45, 7) is 1.62. The molecule has 0 spiro atoms. The van der Waals surface area contributed by atoms with Gasteiger partial charge in [0.1, 0.15) is 5.82 Å². The summed E-state index contributed by atoms with van der Waals surface area (Å²) in [5.74, 6) is -5.37. The number of carboxylic acids is 1. The highest BCUT2D eigenvalue weighted by molar-refractivity contribution is 7.03. The fourth-order valence-electron chi connectivity index (χ4n) is 2.14. The number of aromatic nitrogens is 1. The molecule has 9 heteroatoms. The van der Waals surface area contributed by atoms with E-state index in [9.17, 15) is 22.8 Å². The fraction of sp³-hybridized carbons (Fsp3) is 0.267. The van der Waals surface area contributed by atoms with Crippen molar-refractivity contribution in [3.63, 3.8) is 0 Å². The monoisotopic (exact) mass is 358 g/mol. The molecule has 1 heterocycles. The molecular formula is C15H13F3N2O3S. The fourth-order valence-corrected chi connectivity index (χ4v) is 2.84. The zero-order valence-electron chi connectivity index (χ0n) is 12.5. The molecule has 0 fully saturated rings. The summed E-state index contributed by atoms with van der Waals surface area (Å²) in [6.07, 6.45) is -0.793. The van der Waals surface area contributed by atoms with E-state index in [4.69, 9.17) is 5.11 Å². The lowest BCUT2D eigenvalue weighted by atomic mass is 10.0. The summed E-state index contributed by atoms with van der Waals surface area (Å²) in [4.78, 5) is 23.1. The summed E-state index contributed by atoms with van der Waals surface area (Å²) in [5.41, 5.74) is 0.535. The molecule has 0 radical (unpaired) electrons. The van der Waals surface area contributed by atoms with Crippen LogP contribution in [0.25, 0.3) is 0 Å². The van der Waals surface area contributed by atoms with Crippen molar-refractivity contribution >= 4 is 23.4 Å². The van der Waals surface area contributed by atoms with Crippen LogP contribution in [-0.2, 0) is 11.2 Å². The molecule has 2 rings (SSSR count). The number of carbonyl (C=O) groups excluding carboxylic acids is 1. The second-order valence-corrected chi connectivity index (χ2v) is 5.77. The Morgan fingerprint density at radius 1 is 1.25 bits per heavy atom. The smallest absolute Gasteiger partial charge is 0.305 e. The molecule has 0 aliphatic carbocycles. The van der Waals surface area contributed by atoms with Crippen molar-refractivity contribution in [2.75, 3.05) is 0 Å². The van der Waals surface area contributed by atoms with E-state index in [-0.39, 0.29) is 17.5 Å². The van der Waals surface area contributed by atoms with E-state index in [1.807, 2.05) is 0 Å². The van der Waals surface area contributed by atoms with E-state index < -0.39 is 41.8 Å². The number of carbonyl (C=O) groups is 2. The molecule has 0 saturated carbocycles. The lowest BCUT2D eigenvalue weighted by Gasteiger charge is -2.17. The highest BCUT2D eigenvalue weighted by Gasteiger charge is 2.21. The standard InChI is InChI=1S/C15H13F3N2O3S/c1-7-10(6-24-20-7)15(23)19-9(4-14(21)22)2-8-3-12(17)13(18)5-11(8)16/h3,5-6,9H,2,4H2,1H3,(H,19,23)(H,21,22)/t9-/m1/s1. The van der Waals surface area contributed by atoms with E-state index in [1.54, 1.807) is 6.92 Å². The van der Waals surface area contributed by atoms with Crippen molar-refractivity contribution in [3.8, 4) is 0 Å². The first-order valence-electron chi connectivity index (χ1n) is 6.85. The summed E-state index contributed by atoms with van der Waals surface area (Å²) >= 11 is 1.07. The maximum absolute atomic E-state index is 13.7. The minimum absolute atomic E-state index is 0.222. The van der Waals surface area contributed by atoms with Gasteiger partial charge in [-0.2, -0.15) is 4.37 Å². The largest absolute Gasteiger partial charge is 0.481 e. The van der Waals surface area contributed by atoms with Crippen molar-refractivity contribution in [2.45, 2.75) is 25.8 Å². The van der Waals surface area contributed by atoms with Gasteiger partial charge in [0.25, 0.3) is 5.91 Å². The summed E-state index contributed by atoms with van der Waals surface area (Å²) in [7, 11) is 0. The second-order valence-electron chi connectivity index (χ2n) is 5.14. The van der Waals surface area contributed by atoms with E-state index in [0.717, 1.165) is 11.5 Å². The average molecular weight is 358 g/mol. The van der Waals surface area contributed by atoms with Crippen LogP contribution >= 0.6 is 11.5 Å². The predicted molar refractivity (Wildman–Crippen MR) is 80.4 cm³/mol. The number of aryl methyl sites for hydroxylation is 1. The van der Waals surface area contributed by atoms with Crippen LogP contribution in [0.5, 0.6) is 0 Å². The number of nitrogens with one attached hydrogen (secondary N) is 1. The van der Waals surface area contributed by atoms with Crippen molar-refractivity contribution in [1.29, 1.82) is 0 Å². The number of hydrogen-bond acceptors (Lipinski definition) is 4. The van der Waals surface area contributed by atoms with Crippen molar-refractivity contribution in [1.82, 2.24) is 9.69 Å². The Bertz CT molecular complexity index is 779. The molecule has 1 amide bonds. The van der Waals surface area contributed by atoms with Gasteiger partial charge in [-0.3, -0.25) is 9.59 Å². The Balaban J connectivity index is 2.20. The van der Waals surface area contributed by atoms with Crippen LogP contribution < -0.4 is 5.32 Å². The lowest BCUT2D eigenvalue weighted by Crippen LogP contribution is -2.38. The molecule has 1 atom stereocenters. The minimum atomic E-state index is -1.34. The van der Waals surface area contributed by atoms with Crippen LogP contribution in [-0.4, -0.2) is 27.4 Å². The van der Waals surface area contributed by atoms with Gasteiger partial charge >= 0.3 is 5.97 Å². The Hall–Kier alpha value is -2.42. The molecule has 1 aromatic heterocycles. The molecule has 2 N–H and O–H groups in total. The minimum Gasteiger partial charge on any atom is -0.481 e. The van der Waals surface area contributed by atoms with Crippen molar-refractivity contribution < 1.29 is 27.9 Å². The van der Waals surface area contributed by atoms with Gasteiger partial charge in [-0.25, -0.2) is 13.2 Å². The molecule has 2 aromatic rings. The van der Waals surface area contributed by atoms with Crippen molar-refractivity contribution in [2.24, 2.45) is 0 Å². The van der Waals surface area contributed by atoms with Crippen LogP contribution in [0.15, 0.2) is 17.5 Å². The maximum atomic E-state index is 13.7. The van der Waals surface area contributed by atoms with Gasteiger partial charge in [-0.05, 0) is 36.5 Å². The Labute approximate surface area is 139 Å². The number of amides is 1. The third-order valence-electron chi connectivity index (χ3n) is 3.31. The average Bonchev–Trinajstić information content (AvgIpc) is 2.90. The van der Waals surface area contributed by atoms with Gasteiger partial charge in [0.05, 0.1) is 17.7 Å². The molecule has 0 aliphatic rings. The molecule has 1 aromatic carbocycles. The van der Waals surface area contributed by atoms with Crippen LogP contribution in [0.4, 0.5) is 13.2 Å². The topological polar surface area (TPSA) is 79.3 Å². The number of benzene rings is 1. The number of carboxylic acid groups (broad SMARTS) is 1. The Kier molecular flexibility index (Phi) is 5.55. The Morgan fingerprint density at radius 2 is 1.92 bits per heavy atom. The molecule has 5 nitrogen and oxygen atoms in total. The van der Waals surface area contributed by atoms with Gasteiger partial charge in [0.2, 0.25) is 0 Å². The molecule has 0 bridgehead atoms. The van der Waals surface area contributed by atoms with Crippen LogP contribution in [0.2, 0.25) is 0 Å². The highest BCUT2D eigenvalue weighted by Crippen LogP contribution is 2.17. The number of halogens is 3. The third-order valence-corrected chi connectivity index (χ3v) is 4.03. The molecular weight excluding hydrogens is 345 g/mol. The third kappa shape index (κ3) is 4.31. The number of hydrogen-bond donors (Lipinski definition) is 2. The van der Waals surface area contributed by atoms with E-state index in [0.29, 0.717) is 17.8 Å². The SMILES string of the molecule is Cc1nscc1C(=O)N[C@@H](CC(=O)O)Cc1cc(F)c(F)cc1F. The number of rotatable bonds is 6. The van der Waals surface area contributed by atoms with Crippen LogP contribution in [0.3, 0.4) is 0 Å². The molecule has 0 unspecified atom stereocenters. The van der Waals surface area contributed by atoms with Gasteiger partial charge in [0.15, 0.2) is 11.6 Å².